The maximum absolute atomic E-state index is 13.3. The average molecular weight is 546 g/mol. The van der Waals surface area contributed by atoms with E-state index in [0.29, 0.717) is 21.8 Å². The van der Waals surface area contributed by atoms with Gasteiger partial charge in [-0.05, 0) is 48.0 Å². The largest absolute Gasteiger partial charge is 0.317 e. The summed E-state index contributed by atoms with van der Waals surface area (Å²) >= 11 is 5.94. The van der Waals surface area contributed by atoms with Gasteiger partial charge in [0.2, 0.25) is 0 Å². The van der Waals surface area contributed by atoms with Crippen LogP contribution in [0.4, 0.5) is 0 Å². The van der Waals surface area contributed by atoms with Gasteiger partial charge < -0.3 is 5.32 Å². The molecule has 5 rings (SSSR count). The van der Waals surface area contributed by atoms with Crippen LogP contribution < -0.4 is 10.7 Å². The molecule has 0 aliphatic heterocycles. The van der Waals surface area contributed by atoms with E-state index in [4.69, 9.17) is 16.7 Å². The number of benzene rings is 4. The molecule has 5 aromatic rings. The van der Waals surface area contributed by atoms with Crippen LogP contribution in [-0.2, 0) is 4.79 Å². The third-order valence-electron chi connectivity index (χ3n) is 5.89. The zero-order valence-electron chi connectivity index (χ0n) is 21.2. The number of carbonyl (C=O) groups is 2. The SMILES string of the molecule is O=C(N/N=C\c1ccc(Cl)cc1)/C(=C/c1cn(-c2ccccc2)nc1-c1ccccc1)NC(=O)c1ccccc1. The first-order valence-electron chi connectivity index (χ1n) is 12.4. The van der Waals surface area contributed by atoms with Crippen molar-refractivity contribution < 1.29 is 9.59 Å². The topological polar surface area (TPSA) is 88.4 Å². The van der Waals surface area contributed by atoms with Crippen molar-refractivity contribution in [2.45, 2.75) is 0 Å². The van der Waals surface area contributed by atoms with Gasteiger partial charge in [0.05, 0.1) is 11.9 Å². The van der Waals surface area contributed by atoms with Crippen molar-refractivity contribution >= 4 is 35.7 Å². The Morgan fingerprint density at radius 1 is 0.800 bits per heavy atom. The van der Waals surface area contributed by atoms with Gasteiger partial charge in [0.25, 0.3) is 11.8 Å². The first-order valence-corrected chi connectivity index (χ1v) is 12.8. The monoisotopic (exact) mass is 545 g/mol. The van der Waals surface area contributed by atoms with Crippen molar-refractivity contribution in [1.29, 1.82) is 0 Å². The van der Waals surface area contributed by atoms with Gasteiger partial charge in [0.1, 0.15) is 11.4 Å². The summed E-state index contributed by atoms with van der Waals surface area (Å²) in [6.07, 6.45) is 4.91. The third kappa shape index (κ3) is 6.59. The standard InChI is InChI=1S/C32H24ClN5O2/c33-27-18-16-23(17-19-27)21-34-36-32(40)29(35-31(39)25-12-6-2-7-13-25)20-26-22-38(28-14-8-3-9-15-28)37-30(26)24-10-4-1-5-11-24/h1-22H,(H,35,39)(H,36,40)/b29-20-,34-21-. The molecule has 0 radical (unpaired) electrons. The van der Waals surface area contributed by atoms with E-state index in [1.807, 2.05) is 72.9 Å². The highest BCUT2D eigenvalue weighted by Gasteiger charge is 2.18. The van der Waals surface area contributed by atoms with E-state index >= 15 is 0 Å². The fourth-order valence-corrected chi connectivity index (χ4v) is 4.02. The number of nitrogens with zero attached hydrogens (tertiary/aromatic N) is 3. The minimum absolute atomic E-state index is 0.00639. The molecular weight excluding hydrogens is 522 g/mol. The van der Waals surface area contributed by atoms with Crippen LogP contribution in [0.25, 0.3) is 23.0 Å². The minimum atomic E-state index is -0.596. The van der Waals surface area contributed by atoms with Crippen LogP contribution in [0.1, 0.15) is 21.5 Å². The van der Waals surface area contributed by atoms with Gasteiger partial charge >= 0.3 is 0 Å². The van der Waals surface area contributed by atoms with Crippen molar-refractivity contribution in [2.75, 3.05) is 0 Å². The summed E-state index contributed by atoms with van der Waals surface area (Å²) in [7, 11) is 0. The second-order valence-corrected chi connectivity index (χ2v) is 9.14. The zero-order chi connectivity index (χ0) is 27.7. The second-order valence-electron chi connectivity index (χ2n) is 8.71. The Bertz CT molecular complexity index is 1660. The van der Waals surface area contributed by atoms with Crippen LogP contribution in [0.3, 0.4) is 0 Å². The lowest BCUT2D eigenvalue weighted by atomic mass is 10.1. The highest BCUT2D eigenvalue weighted by atomic mass is 35.5. The summed E-state index contributed by atoms with van der Waals surface area (Å²) in [6, 6.07) is 35.0. The van der Waals surface area contributed by atoms with Crippen molar-refractivity contribution in [3.63, 3.8) is 0 Å². The van der Waals surface area contributed by atoms with E-state index in [-0.39, 0.29) is 5.70 Å². The number of aromatic nitrogens is 2. The van der Waals surface area contributed by atoms with Gasteiger partial charge in [-0.3, -0.25) is 9.59 Å². The molecule has 0 aliphatic rings. The Labute approximate surface area is 236 Å². The van der Waals surface area contributed by atoms with E-state index in [2.05, 4.69) is 15.8 Å². The molecule has 4 aromatic carbocycles. The van der Waals surface area contributed by atoms with E-state index < -0.39 is 11.8 Å². The number of hydrogen-bond donors (Lipinski definition) is 2. The second kappa shape index (κ2) is 12.5. The molecule has 196 valence electrons. The number of halogens is 1. The molecule has 0 unspecified atom stereocenters. The summed E-state index contributed by atoms with van der Waals surface area (Å²) in [6.45, 7) is 0. The average Bonchev–Trinajstić information content (AvgIpc) is 3.43. The molecule has 8 heteroatoms. The van der Waals surface area contributed by atoms with Crippen LogP contribution >= 0.6 is 11.6 Å². The van der Waals surface area contributed by atoms with E-state index in [1.54, 1.807) is 59.3 Å². The molecule has 2 N–H and O–H groups in total. The number of para-hydroxylation sites is 1. The molecule has 40 heavy (non-hydrogen) atoms. The summed E-state index contributed by atoms with van der Waals surface area (Å²) in [4.78, 5) is 26.4. The number of nitrogens with one attached hydrogen (secondary N) is 2. The Balaban J connectivity index is 1.52. The smallest absolute Gasteiger partial charge is 0.287 e. The lowest BCUT2D eigenvalue weighted by Gasteiger charge is -2.09. The molecule has 0 saturated carbocycles. The summed E-state index contributed by atoms with van der Waals surface area (Å²) in [5, 5.41) is 12.2. The number of hydrogen-bond acceptors (Lipinski definition) is 4. The highest BCUT2D eigenvalue weighted by Crippen LogP contribution is 2.25. The third-order valence-corrected chi connectivity index (χ3v) is 6.14. The van der Waals surface area contributed by atoms with Crippen LogP contribution in [-0.4, -0.2) is 27.8 Å². The lowest BCUT2D eigenvalue weighted by molar-refractivity contribution is -0.117. The maximum Gasteiger partial charge on any atom is 0.287 e. The summed E-state index contributed by atoms with van der Waals surface area (Å²) in [5.74, 6) is -1.03. The maximum atomic E-state index is 13.3. The molecule has 1 heterocycles. The molecule has 1 aromatic heterocycles. The molecule has 0 atom stereocenters. The first-order chi connectivity index (χ1) is 19.6. The van der Waals surface area contributed by atoms with E-state index in [9.17, 15) is 9.59 Å². The van der Waals surface area contributed by atoms with Gasteiger partial charge in [0, 0.05) is 27.9 Å². The number of hydrazone groups is 1. The molecule has 0 aliphatic carbocycles. The zero-order valence-corrected chi connectivity index (χ0v) is 22.0. The van der Waals surface area contributed by atoms with Crippen LogP contribution in [0, 0.1) is 0 Å². The number of rotatable bonds is 8. The van der Waals surface area contributed by atoms with Crippen molar-refractivity contribution in [1.82, 2.24) is 20.5 Å². The minimum Gasteiger partial charge on any atom is -0.317 e. The molecule has 0 bridgehead atoms. The fraction of sp³-hybridized carbons (Fsp3) is 0. The van der Waals surface area contributed by atoms with Crippen molar-refractivity contribution in [3.05, 3.63) is 149 Å². The van der Waals surface area contributed by atoms with Crippen LogP contribution in [0.15, 0.2) is 132 Å². The van der Waals surface area contributed by atoms with Crippen LogP contribution in [0.5, 0.6) is 0 Å². The van der Waals surface area contributed by atoms with Gasteiger partial charge in [-0.25, -0.2) is 10.1 Å². The predicted molar refractivity (Wildman–Crippen MR) is 158 cm³/mol. The van der Waals surface area contributed by atoms with E-state index in [1.165, 1.54) is 6.21 Å². The Morgan fingerprint density at radius 2 is 1.43 bits per heavy atom. The number of amides is 2. The Kier molecular flexibility index (Phi) is 8.24. The molecular formula is C32H24ClN5O2. The molecule has 2 amide bonds. The van der Waals surface area contributed by atoms with Crippen molar-refractivity contribution in [3.8, 4) is 16.9 Å². The van der Waals surface area contributed by atoms with E-state index in [0.717, 1.165) is 16.8 Å². The summed E-state index contributed by atoms with van der Waals surface area (Å²) in [5.41, 5.74) is 6.67. The quantitative estimate of drug-likeness (QED) is 0.140. The van der Waals surface area contributed by atoms with Gasteiger partial charge in [0.15, 0.2) is 0 Å². The highest BCUT2D eigenvalue weighted by molar-refractivity contribution is 6.30. The Hall–Kier alpha value is -5.27. The molecule has 0 saturated heterocycles. The lowest BCUT2D eigenvalue weighted by Crippen LogP contribution is -2.32. The first kappa shape index (κ1) is 26.3. The van der Waals surface area contributed by atoms with Gasteiger partial charge in [-0.15, -0.1) is 0 Å². The summed E-state index contributed by atoms with van der Waals surface area (Å²) < 4.78 is 1.74. The van der Waals surface area contributed by atoms with Crippen molar-refractivity contribution in [2.24, 2.45) is 5.10 Å². The predicted octanol–water partition coefficient (Wildman–Crippen LogP) is 6.11. The normalized spacial score (nSPS) is 11.4. The molecule has 0 fully saturated rings. The van der Waals surface area contributed by atoms with Gasteiger partial charge in [-0.2, -0.15) is 10.2 Å². The molecule has 0 spiro atoms. The molecule has 7 nitrogen and oxygen atoms in total. The van der Waals surface area contributed by atoms with Gasteiger partial charge in [-0.1, -0.05) is 90.5 Å². The van der Waals surface area contributed by atoms with Crippen LogP contribution in [0.2, 0.25) is 5.02 Å². The Morgan fingerprint density at radius 3 is 2.10 bits per heavy atom. The fourth-order valence-electron chi connectivity index (χ4n) is 3.90. The number of carbonyl (C=O) groups excluding carboxylic acids is 2.